The van der Waals surface area contributed by atoms with Crippen LogP contribution in [0.3, 0.4) is 0 Å². The highest BCUT2D eigenvalue weighted by Crippen LogP contribution is 2.27. The summed E-state index contributed by atoms with van der Waals surface area (Å²) in [5.41, 5.74) is 2.74. The second-order valence-electron chi connectivity index (χ2n) is 6.35. The molecule has 1 N–H and O–H groups in total. The highest BCUT2D eigenvalue weighted by atomic mass is 35.5. The fraction of sp³-hybridized carbons (Fsp3) is 0.278. The molecule has 0 radical (unpaired) electrons. The summed E-state index contributed by atoms with van der Waals surface area (Å²) in [6, 6.07) is 11.7. The number of halogens is 2. The minimum Gasteiger partial charge on any atom is -0.297 e. The normalized spacial score (nSPS) is 11.2. The van der Waals surface area contributed by atoms with Crippen LogP contribution in [-0.2, 0) is 13.0 Å². The van der Waals surface area contributed by atoms with Crippen LogP contribution in [0.5, 0.6) is 0 Å². The molecule has 8 nitrogen and oxygen atoms in total. The van der Waals surface area contributed by atoms with Crippen molar-refractivity contribution in [1.29, 1.82) is 0 Å². The molecular weight excluding hydrogens is 399 g/mol. The molecule has 144 valence electrons. The maximum absolute atomic E-state index is 6.37. The third-order valence-electron chi connectivity index (χ3n) is 4.37. The lowest BCUT2D eigenvalue weighted by molar-refractivity contribution is 0.661. The van der Waals surface area contributed by atoms with Crippen LogP contribution in [0.2, 0.25) is 10.4 Å². The van der Waals surface area contributed by atoms with Crippen molar-refractivity contribution in [3.05, 3.63) is 58.2 Å². The molecule has 0 aliphatic heterocycles. The van der Waals surface area contributed by atoms with Gasteiger partial charge in [0.25, 0.3) is 0 Å². The molecule has 0 bridgehead atoms. The topological polar surface area (TPSA) is 90.1 Å². The predicted octanol–water partition coefficient (Wildman–Crippen LogP) is 3.95. The first kappa shape index (κ1) is 18.6. The maximum Gasteiger partial charge on any atom is 0.221 e. The van der Waals surface area contributed by atoms with E-state index in [1.54, 1.807) is 10.7 Å². The van der Waals surface area contributed by atoms with Crippen LogP contribution in [0, 0.1) is 0 Å². The molecule has 0 atom stereocenters. The van der Waals surface area contributed by atoms with Gasteiger partial charge in [0, 0.05) is 12.1 Å². The number of tetrazole rings is 1. The van der Waals surface area contributed by atoms with Crippen LogP contribution in [0.1, 0.15) is 31.2 Å². The number of rotatable bonds is 7. The molecule has 28 heavy (non-hydrogen) atoms. The summed E-state index contributed by atoms with van der Waals surface area (Å²) in [5.74, 6) is 1.33. The highest BCUT2D eigenvalue weighted by molar-refractivity contribution is 6.30. The summed E-state index contributed by atoms with van der Waals surface area (Å²) < 4.78 is 3.59. The van der Waals surface area contributed by atoms with E-state index in [2.05, 4.69) is 37.6 Å². The van der Waals surface area contributed by atoms with E-state index >= 15 is 0 Å². The zero-order chi connectivity index (χ0) is 19.5. The first-order chi connectivity index (χ1) is 13.7. The fourth-order valence-electron chi connectivity index (χ4n) is 2.96. The quantitative estimate of drug-likeness (QED) is 0.492. The molecule has 1 aromatic carbocycles. The zero-order valence-electron chi connectivity index (χ0n) is 15.2. The molecule has 3 heterocycles. The van der Waals surface area contributed by atoms with E-state index in [1.807, 2.05) is 34.9 Å². The van der Waals surface area contributed by atoms with Crippen molar-refractivity contribution in [2.45, 2.75) is 32.7 Å². The van der Waals surface area contributed by atoms with E-state index in [9.17, 15) is 0 Å². The van der Waals surface area contributed by atoms with Crippen LogP contribution in [0.25, 0.3) is 17.2 Å². The number of aromatic amines is 1. The second kappa shape index (κ2) is 8.12. The Morgan fingerprint density at radius 1 is 1.07 bits per heavy atom. The van der Waals surface area contributed by atoms with Gasteiger partial charge in [-0.25, -0.2) is 14.8 Å². The monoisotopic (exact) mass is 416 g/mol. The van der Waals surface area contributed by atoms with E-state index < -0.39 is 0 Å². The van der Waals surface area contributed by atoms with Gasteiger partial charge in [0.1, 0.15) is 5.15 Å². The average Bonchev–Trinajstić information content (AvgIpc) is 3.42. The summed E-state index contributed by atoms with van der Waals surface area (Å²) in [6.07, 6.45) is 2.99. The Hall–Kier alpha value is -2.71. The van der Waals surface area contributed by atoms with Gasteiger partial charge in [-0.05, 0) is 58.3 Å². The number of hydrogen-bond donors (Lipinski definition) is 1. The molecule has 4 rings (SSSR count). The largest absolute Gasteiger partial charge is 0.297 e. The maximum atomic E-state index is 6.37. The lowest BCUT2D eigenvalue weighted by atomic mass is 10.2. The van der Waals surface area contributed by atoms with Crippen molar-refractivity contribution in [3.63, 3.8) is 0 Å². The summed E-state index contributed by atoms with van der Waals surface area (Å²) in [7, 11) is 0. The van der Waals surface area contributed by atoms with Crippen LogP contribution in [-0.4, -0.2) is 40.0 Å². The molecule has 10 heteroatoms. The summed E-state index contributed by atoms with van der Waals surface area (Å²) in [4.78, 5) is 4.33. The molecule has 0 unspecified atom stereocenters. The van der Waals surface area contributed by atoms with Gasteiger partial charge in [-0.15, -0.1) is 5.10 Å². The van der Waals surface area contributed by atoms with Crippen molar-refractivity contribution in [1.82, 2.24) is 40.0 Å². The average molecular weight is 417 g/mol. The minimum absolute atomic E-state index is 0.406. The van der Waals surface area contributed by atoms with Crippen LogP contribution < -0.4 is 0 Å². The number of nitrogens with zero attached hydrogens (tertiary/aromatic N) is 7. The number of hydrogen-bond acceptors (Lipinski definition) is 5. The standard InChI is InChI=1S/C18H18Cl2N8/c1-2-3-4-16-21-18(20)27(24-16)11-12-5-7-13(8-6-12)28-14(9-10-15(28)19)17-22-25-26-23-17/h5-10H,2-4,11H2,1H3,(H,22,23,25,26). The Labute approximate surface area is 171 Å². The molecule has 0 amide bonds. The Kier molecular flexibility index (Phi) is 5.40. The van der Waals surface area contributed by atoms with Gasteiger partial charge >= 0.3 is 0 Å². The minimum atomic E-state index is 0.406. The SMILES string of the molecule is CCCCc1nc(Cl)n(Cc2ccc(-n3c(Cl)ccc3-c3nnn[nH]3)cc2)n1. The van der Waals surface area contributed by atoms with Gasteiger partial charge < -0.3 is 0 Å². The Morgan fingerprint density at radius 3 is 2.61 bits per heavy atom. The number of H-pyrrole nitrogens is 1. The number of aromatic nitrogens is 8. The van der Waals surface area contributed by atoms with Crippen LogP contribution in [0.15, 0.2) is 36.4 Å². The zero-order valence-corrected chi connectivity index (χ0v) is 16.7. The van der Waals surface area contributed by atoms with Crippen LogP contribution in [0.4, 0.5) is 0 Å². The number of aryl methyl sites for hydroxylation is 1. The third kappa shape index (κ3) is 3.79. The molecule has 4 aromatic rings. The van der Waals surface area contributed by atoms with Gasteiger partial charge in [-0.1, -0.05) is 37.1 Å². The Balaban J connectivity index is 1.56. The number of nitrogens with one attached hydrogen (secondary N) is 1. The molecular formula is C18H18Cl2N8. The van der Waals surface area contributed by atoms with Gasteiger partial charge in [0.05, 0.1) is 12.2 Å². The molecule has 0 aliphatic rings. The Bertz CT molecular complexity index is 1050. The molecule has 0 saturated carbocycles. The van der Waals surface area contributed by atoms with E-state index in [0.717, 1.165) is 42.0 Å². The van der Waals surface area contributed by atoms with Gasteiger partial charge in [-0.2, -0.15) is 5.10 Å². The lowest BCUT2D eigenvalue weighted by Gasteiger charge is -2.10. The van der Waals surface area contributed by atoms with E-state index in [4.69, 9.17) is 23.2 Å². The van der Waals surface area contributed by atoms with Gasteiger partial charge in [0.15, 0.2) is 11.6 Å². The van der Waals surface area contributed by atoms with Crippen molar-refractivity contribution in [2.75, 3.05) is 0 Å². The smallest absolute Gasteiger partial charge is 0.221 e. The summed E-state index contributed by atoms with van der Waals surface area (Å²) in [6.45, 7) is 2.69. The van der Waals surface area contributed by atoms with E-state index in [1.165, 1.54) is 0 Å². The van der Waals surface area contributed by atoms with Crippen molar-refractivity contribution >= 4 is 23.2 Å². The molecule has 0 spiro atoms. The van der Waals surface area contributed by atoms with Crippen LogP contribution >= 0.6 is 23.2 Å². The molecule has 3 aromatic heterocycles. The number of unbranched alkanes of at least 4 members (excludes halogenated alkanes) is 1. The van der Waals surface area contributed by atoms with Crippen molar-refractivity contribution < 1.29 is 0 Å². The molecule has 0 saturated heterocycles. The lowest BCUT2D eigenvalue weighted by Crippen LogP contribution is -2.03. The first-order valence-corrected chi connectivity index (χ1v) is 9.71. The van der Waals surface area contributed by atoms with E-state index in [0.29, 0.717) is 22.8 Å². The summed E-state index contributed by atoms with van der Waals surface area (Å²) in [5, 5.41) is 19.4. The molecule has 0 aliphatic carbocycles. The summed E-state index contributed by atoms with van der Waals surface area (Å²) >= 11 is 12.6. The highest BCUT2D eigenvalue weighted by Gasteiger charge is 2.14. The van der Waals surface area contributed by atoms with Crippen molar-refractivity contribution in [3.8, 4) is 17.2 Å². The fourth-order valence-corrected chi connectivity index (χ4v) is 3.41. The van der Waals surface area contributed by atoms with Crippen molar-refractivity contribution in [2.24, 2.45) is 0 Å². The van der Waals surface area contributed by atoms with Gasteiger partial charge in [0.2, 0.25) is 5.28 Å². The predicted molar refractivity (Wildman–Crippen MR) is 107 cm³/mol. The second-order valence-corrected chi connectivity index (χ2v) is 7.08. The number of benzene rings is 1. The first-order valence-electron chi connectivity index (χ1n) is 8.95. The molecule has 0 fully saturated rings. The van der Waals surface area contributed by atoms with Gasteiger partial charge in [-0.3, -0.25) is 4.57 Å². The third-order valence-corrected chi connectivity index (χ3v) is 4.95. The van der Waals surface area contributed by atoms with E-state index in [-0.39, 0.29) is 0 Å². The Morgan fingerprint density at radius 2 is 1.89 bits per heavy atom.